The van der Waals surface area contributed by atoms with Crippen LogP contribution in [0.2, 0.25) is 0 Å². The Kier molecular flexibility index (Phi) is 5.68. The zero-order chi connectivity index (χ0) is 16.9. The monoisotopic (exact) mass is 338 g/mol. The number of ether oxygens (including phenoxy) is 2. The molecule has 4 nitrogen and oxygen atoms in total. The quantitative estimate of drug-likeness (QED) is 0.837. The molecular formula is C18H24F2N2O2. The maximum absolute atomic E-state index is 12.2. The van der Waals surface area contributed by atoms with Crippen LogP contribution in [0.1, 0.15) is 18.4 Å². The van der Waals surface area contributed by atoms with Gasteiger partial charge in [-0.25, -0.2) is 0 Å². The Balaban J connectivity index is 1.57. The molecule has 1 fully saturated rings. The van der Waals surface area contributed by atoms with Crippen LogP contribution >= 0.6 is 0 Å². The molecule has 0 saturated carbocycles. The Labute approximate surface area is 140 Å². The van der Waals surface area contributed by atoms with Crippen molar-refractivity contribution in [2.24, 2.45) is 5.92 Å². The Hall–Kier alpha value is -1.66. The standard InChI is InChI=1S/C18H24F2N2O2/c1-23-15-4-5-17-16(9-15)14(10-21-17)6-8-22-7-2-3-13(11-22)12-24-18(19)20/h4-5,9-10,13,18,21H,2-3,6-8,11-12H2,1H3/t13-/m0/s1. The van der Waals surface area contributed by atoms with E-state index in [1.807, 2.05) is 18.3 Å². The van der Waals surface area contributed by atoms with E-state index in [-0.39, 0.29) is 12.5 Å². The number of benzene rings is 1. The van der Waals surface area contributed by atoms with Gasteiger partial charge in [0.25, 0.3) is 0 Å². The average molecular weight is 338 g/mol. The lowest BCUT2D eigenvalue weighted by Crippen LogP contribution is -2.38. The molecule has 0 aliphatic carbocycles. The van der Waals surface area contributed by atoms with E-state index in [1.165, 1.54) is 10.9 Å². The van der Waals surface area contributed by atoms with Crippen molar-refractivity contribution >= 4 is 10.9 Å². The molecule has 1 aromatic carbocycles. The van der Waals surface area contributed by atoms with Crippen LogP contribution in [-0.4, -0.2) is 49.8 Å². The second kappa shape index (κ2) is 7.94. The molecule has 1 atom stereocenters. The van der Waals surface area contributed by atoms with E-state index in [4.69, 9.17) is 4.74 Å². The first-order valence-electron chi connectivity index (χ1n) is 8.42. The third-order valence-electron chi connectivity index (χ3n) is 4.73. The molecule has 0 radical (unpaired) electrons. The second-order valence-electron chi connectivity index (χ2n) is 6.38. The van der Waals surface area contributed by atoms with Gasteiger partial charge in [-0.2, -0.15) is 8.78 Å². The maximum atomic E-state index is 12.2. The fourth-order valence-corrected chi connectivity index (χ4v) is 3.47. The molecule has 0 unspecified atom stereocenters. The van der Waals surface area contributed by atoms with Gasteiger partial charge < -0.3 is 19.4 Å². The first kappa shape index (κ1) is 17.2. The Morgan fingerprint density at radius 3 is 3.04 bits per heavy atom. The van der Waals surface area contributed by atoms with Gasteiger partial charge in [-0.3, -0.25) is 0 Å². The number of alkyl halides is 2. The number of H-pyrrole nitrogens is 1. The van der Waals surface area contributed by atoms with Crippen LogP contribution in [0.15, 0.2) is 24.4 Å². The molecule has 1 aliphatic rings. The largest absolute Gasteiger partial charge is 0.497 e. The van der Waals surface area contributed by atoms with Gasteiger partial charge in [0.1, 0.15) is 5.75 Å². The van der Waals surface area contributed by atoms with Crippen molar-refractivity contribution in [1.29, 1.82) is 0 Å². The van der Waals surface area contributed by atoms with Gasteiger partial charge in [0.2, 0.25) is 0 Å². The molecular weight excluding hydrogens is 314 g/mol. The molecule has 0 spiro atoms. The fourth-order valence-electron chi connectivity index (χ4n) is 3.47. The highest BCUT2D eigenvalue weighted by Crippen LogP contribution is 2.25. The van der Waals surface area contributed by atoms with Crippen LogP contribution in [0.5, 0.6) is 5.75 Å². The SMILES string of the molecule is COc1ccc2[nH]cc(CCN3CCC[C@H](COC(F)F)C3)c2c1. The molecule has 1 saturated heterocycles. The molecule has 1 N–H and O–H groups in total. The first-order valence-corrected chi connectivity index (χ1v) is 8.42. The van der Waals surface area contributed by atoms with Crippen molar-refractivity contribution in [2.45, 2.75) is 25.9 Å². The van der Waals surface area contributed by atoms with E-state index in [0.717, 1.165) is 50.2 Å². The van der Waals surface area contributed by atoms with E-state index < -0.39 is 6.61 Å². The summed E-state index contributed by atoms with van der Waals surface area (Å²) in [6.45, 7) is 0.268. The average Bonchev–Trinajstić information content (AvgIpc) is 3.00. The molecule has 0 bridgehead atoms. The molecule has 1 aliphatic heterocycles. The zero-order valence-corrected chi connectivity index (χ0v) is 13.9. The van der Waals surface area contributed by atoms with E-state index in [9.17, 15) is 8.78 Å². The summed E-state index contributed by atoms with van der Waals surface area (Å²) < 4.78 is 34.1. The van der Waals surface area contributed by atoms with Crippen molar-refractivity contribution in [3.8, 4) is 5.75 Å². The lowest BCUT2D eigenvalue weighted by atomic mass is 9.98. The summed E-state index contributed by atoms with van der Waals surface area (Å²) in [7, 11) is 1.67. The molecule has 2 aromatic rings. The number of nitrogens with one attached hydrogen (secondary N) is 1. The van der Waals surface area contributed by atoms with Crippen LogP contribution < -0.4 is 4.74 Å². The van der Waals surface area contributed by atoms with E-state index in [1.54, 1.807) is 7.11 Å². The summed E-state index contributed by atoms with van der Waals surface area (Å²) in [4.78, 5) is 5.64. The number of likely N-dealkylation sites (tertiary alicyclic amines) is 1. The number of fused-ring (bicyclic) bond motifs is 1. The van der Waals surface area contributed by atoms with E-state index in [0.29, 0.717) is 0 Å². The number of hydrogen-bond acceptors (Lipinski definition) is 3. The highest BCUT2D eigenvalue weighted by molar-refractivity contribution is 5.84. The highest BCUT2D eigenvalue weighted by atomic mass is 19.3. The zero-order valence-electron chi connectivity index (χ0n) is 13.9. The number of halogens is 2. The van der Waals surface area contributed by atoms with Crippen molar-refractivity contribution in [3.05, 3.63) is 30.0 Å². The van der Waals surface area contributed by atoms with Crippen LogP contribution in [0.4, 0.5) is 8.78 Å². The third kappa shape index (κ3) is 4.24. The summed E-state index contributed by atoms with van der Waals surface area (Å²) in [5, 5.41) is 1.18. The van der Waals surface area contributed by atoms with E-state index in [2.05, 4.69) is 20.7 Å². The smallest absolute Gasteiger partial charge is 0.345 e. The Morgan fingerprint density at radius 2 is 2.25 bits per heavy atom. The summed E-state index contributed by atoms with van der Waals surface area (Å²) >= 11 is 0. The molecule has 0 amide bonds. The molecule has 6 heteroatoms. The molecule has 3 rings (SSSR count). The summed E-state index contributed by atoms with van der Waals surface area (Å²) in [6, 6.07) is 6.02. The Morgan fingerprint density at radius 1 is 1.38 bits per heavy atom. The van der Waals surface area contributed by atoms with Crippen molar-refractivity contribution < 1.29 is 18.3 Å². The minimum Gasteiger partial charge on any atom is -0.497 e. The number of rotatable bonds is 7. The van der Waals surface area contributed by atoms with Crippen LogP contribution in [0.3, 0.4) is 0 Å². The number of aromatic nitrogens is 1. The number of piperidine rings is 1. The fraction of sp³-hybridized carbons (Fsp3) is 0.556. The number of hydrogen-bond donors (Lipinski definition) is 1. The Bertz CT molecular complexity index is 660. The van der Waals surface area contributed by atoms with Gasteiger partial charge in [0.15, 0.2) is 0 Å². The lowest BCUT2D eigenvalue weighted by molar-refractivity contribution is -0.141. The van der Waals surface area contributed by atoms with E-state index >= 15 is 0 Å². The topological polar surface area (TPSA) is 37.5 Å². The highest BCUT2D eigenvalue weighted by Gasteiger charge is 2.21. The second-order valence-corrected chi connectivity index (χ2v) is 6.38. The predicted molar refractivity (Wildman–Crippen MR) is 89.7 cm³/mol. The minimum atomic E-state index is -2.67. The summed E-state index contributed by atoms with van der Waals surface area (Å²) in [5.74, 6) is 1.06. The van der Waals surface area contributed by atoms with Crippen LogP contribution in [0, 0.1) is 5.92 Å². The van der Waals surface area contributed by atoms with Gasteiger partial charge in [-0.15, -0.1) is 0 Å². The summed E-state index contributed by atoms with van der Waals surface area (Å²) in [6.07, 6.45) is 4.98. The number of aromatic amines is 1. The molecule has 132 valence electrons. The van der Waals surface area contributed by atoms with Gasteiger partial charge >= 0.3 is 6.61 Å². The maximum Gasteiger partial charge on any atom is 0.345 e. The summed E-state index contributed by atoms with van der Waals surface area (Å²) in [5.41, 5.74) is 2.36. The molecule has 2 heterocycles. The predicted octanol–water partition coefficient (Wildman–Crippen LogP) is 3.67. The van der Waals surface area contributed by atoms with Crippen molar-refractivity contribution in [3.63, 3.8) is 0 Å². The van der Waals surface area contributed by atoms with Crippen molar-refractivity contribution in [1.82, 2.24) is 9.88 Å². The first-order chi connectivity index (χ1) is 11.7. The molecule has 24 heavy (non-hydrogen) atoms. The van der Waals surface area contributed by atoms with Crippen molar-refractivity contribution in [2.75, 3.05) is 33.4 Å². The van der Waals surface area contributed by atoms with Crippen LogP contribution in [0.25, 0.3) is 10.9 Å². The van der Waals surface area contributed by atoms with Gasteiger partial charge in [0, 0.05) is 30.2 Å². The number of nitrogens with zero attached hydrogens (tertiary/aromatic N) is 1. The van der Waals surface area contributed by atoms with Gasteiger partial charge in [0.05, 0.1) is 13.7 Å². The molecule has 1 aromatic heterocycles. The van der Waals surface area contributed by atoms with Gasteiger partial charge in [-0.1, -0.05) is 0 Å². The lowest BCUT2D eigenvalue weighted by Gasteiger charge is -2.32. The van der Waals surface area contributed by atoms with Gasteiger partial charge in [-0.05, 0) is 55.5 Å². The third-order valence-corrected chi connectivity index (χ3v) is 4.73. The minimum absolute atomic E-state index is 0.151. The van der Waals surface area contributed by atoms with Crippen LogP contribution in [-0.2, 0) is 11.2 Å². The number of methoxy groups -OCH3 is 1. The normalized spacial score (nSPS) is 19.2.